The van der Waals surface area contributed by atoms with E-state index in [0.717, 1.165) is 40.6 Å². The van der Waals surface area contributed by atoms with E-state index in [1.165, 1.54) is 0 Å². The van der Waals surface area contributed by atoms with Crippen LogP contribution in [0.25, 0.3) is 10.8 Å². The number of nitrogens with one attached hydrogen (secondary N) is 2. The van der Waals surface area contributed by atoms with Gasteiger partial charge in [-0.2, -0.15) is 11.8 Å². The highest BCUT2D eigenvalue weighted by atomic mass is 35.5. The number of likely N-dealkylation sites (tertiary alicyclic amines) is 1. The van der Waals surface area contributed by atoms with E-state index in [2.05, 4.69) is 44.8 Å². The first-order chi connectivity index (χ1) is 20.8. The van der Waals surface area contributed by atoms with Gasteiger partial charge in [0.2, 0.25) is 11.8 Å². The molecule has 0 saturated carbocycles. The minimum Gasteiger partial charge on any atom is -0.461 e. The lowest BCUT2D eigenvalue weighted by atomic mass is 10.0. The zero-order valence-electron chi connectivity index (χ0n) is 25.7. The number of hydrogen-bond acceptors (Lipinski definition) is 8. The summed E-state index contributed by atoms with van der Waals surface area (Å²) < 4.78 is 5.43. The molecule has 1 aromatic heterocycles. The Morgan fingerprint density at radius 1 is 1.09 bits per heavy atom. The number of anilines is 1. The lowest BCUT2D eigenvalue weighted by molar-refractivity contribution is -0.151. The summed E-state index contributed by atoms with van der Waals surface area (Å²) >= 11 is 1.62. The third kappa shape index (κ3) is 10.4. The minimum absolute atomic E-state index is 0. The van der Waals surface area contributed by atoms with Gasteiger partial charge in [0.25, 0.3) is 0 Å². The predicted molar refractivity (Wildman–Crippen MR) is 180 cm³/mol. The molecule has 0 spiro atoms. The van der Waals surface area contributed by atoms with Crippen LogP contribution in [-0.4, -0.2) is 88.9 Å². The summed E-state index contributed by atoms with van der Waals surface area (Å²) in [6.07, 6.45) is 7.37. The van der Waals surface area contributed by atoms with Gasteiger partial charge in [0.1, 0.15) is 6.04 Å². The number of esters is 1. The number of pyridine rings is 1. The van der Waals surface area contributed by atoms with Gasteiger partial charge in [-0.3, -0.25) is 19.5 Å². The van der Waals surface area contributed by atoms with Crippen molar-refractivity contribution >= 4 is 58.4 Å². The smallest absolute Gasteiger partial charge is 0.328 e. The van der Waals surface area contributed by atoms with Gasteiger partial charge >= 0.3 is 5.97 Å². The molecule has 2 heterocycles. The van der Waals surface area contributed by atoms with E-state index in [1.54, 1.807) is 38.0 Å². The summed E-state index contributed by atoms with van der Waals surface area (Å²) in [5.74, 6) is 0.113. The molecule has 2 atom stereocenters. The second-order valence-electron chi connectivity index (χ2n) is 11.2. The summed E-state index contributed by atoms with van der Waals surface area (Å²) in [6, 6.07) is 17.4. The summed E-state index contributed by atoms with van der Waals surface area (Å²) in [5.41, 5.74) is 1.96. The molecule has 3 aromatic rings. The van der Waals surface area contributed by atoms with Gasteiger partial charge in [0.15, 0.2) is 0 Å². The molecule has 4 rings (SSSR count). The van der Waals surface area contributed by atoms with Crippen LogP contribution in [0.2, 0.25) is 0 Å². The van der Waals surface area contributed by atoms with Crippen molar-refractivity contribution in [3.05, 3.63) is 72.6 Å². The van der Waals surface area contributed by atoms with Gasteiger partial charge in [-0.1, -0.05) is 42.5 Å². The molecule has 1 unspecified atom stereocenters. The quantitative estimate of drug-likeness (QED) is 0.229. The van der Waals surface area contributed by atoms with E-state index in [0.29, 0.717) is 26.1 Å². The van der Waals surface area contributed by atoms with Crippen molar-refractivity contribution in [2.45, 2.75) is 57.8 Å². The van der Waals surface area contributed by atoms with Crippen molar-refractivity contribution in [3.63, 3.8) is 0 Å². The Labute approximate surface area is 270 Å². The van der Waals surface area contributed by atoms with Crippen molar-refractivity contribution in [2.75, 3.05) is 43.5 Å². The Balaban J connectivity index is 0.00000529. The van der Waals surface area contributed by atoms with Crippen molar-refractivity contribution in [1.82, 2.24) is 20.1 Å². The number of fused-ring (bicyclic) bond motifs is 1. The Morgan fingerprint density at radius 2 is 1.84 bits per heavy atom. The molecular weight excluding hydrogens is 598 g/mol. The average Bonchev–Trinajstić information content (AvgIpc) is 3.46. The highest BCUT2D eigenvalue weighted by Crippen LogP contribution is 2.23. The van der Waals surface area contributed by atoms with Gasteiger partial charge in [-0.25, -0.2) is 4.79 Å². The monoisotopic (exact) mass is 641 g/mol. The molecule has 9 nitrogen and oxygen atoms in total. The Kier molecular flexibility index (Phi) is 14.2. The molecule has 1 saturated heterocycles. The average molecular weight is 642 g/mol. The minimum atomic E-state index is -0.703. The number of halogens is 1. The Bertz CT molecular complexity index is 1360. The summed E-state index contributed by atoms with van der Waals surface area (Å²) in [7, 11) is 0. The lowest BCUT2D eigenvalue weighted by Gasteiger charge is -2.31. The molecule has 1 aliphatic rings. The van der Waals surface area contributed by atoms with E-state index >= 15 is 0 Å². The third-order valence-corrected chi connectivity index (χ3v) is 8.16. The largest absolute Gasteiger partial charge is 0.461 e. The number of aromatic nitrogens is 1. The van der Waals surface area contributed by atoms with Crippen LogP contribution >= 0.6 is 24.2 Å². The number of benzene rings is 2. The van der Waals surface area contributed by atoms with Crippen LogP contribution in [-0.2, 0) is 25.7 Å². The van der Waals surface area contributed by atoms with Gasteiger partial charge in [-0.15, -0.1) is 12.4 Å². The van der Waals surface area contributed by atoms with E-state index in [1.807, 2.05) is 41.5 Å². The van der Waals surface area contributed by atoms with E-state index in [9.17, 15) is 14.4 Å². The van der Waals surface area contributed by atoms with E-state index in [-0.39, 0.29) is 49.5 Å². The van der Waals surface area contributed by atoms with Gasteiger partial charge < -0.3 is 20.3 Å². The predicted octanol–water partition coefficient (Wildman–Crippen LogP) is 4.75. The van der Waals surface area contributed by atoms with Gasteiger partial charge in [0.05, 0.1) is 19.2 Å². The molecule has 11 heteroatoms. The first-order valence-corrected chi connectivity index (χ1v) is 16.3. The van der Waals surface area contributed by atoms with E-state index in [4.69, 9.17) is 4.74 Å². The number of carbonyl (C=O) groups is 3. The first kappa shape index (κ1) is 35.1. The number of amides is 2. The number of thioether (sulfide) groups is 1. The van der Waals surface area contributed by atoms with Crippen LogP contribution in [0, 0.1) is 0 Å². The second-order valence-corrected chi connectivity index (χ2v) is 12.2. The molecule has 2 N–H and O–H groups in total. The van der Waals surface area contributed by atoms with Gasteiger partial charge in [-0.05, 0) is 73.6 Å². The number of nitrogens with zero attached hydrogens (tertiary/aromatic N) is 3. The van der Waals surface area contributed by atoms with Crippen LogP contribution < -0.4 is 10.6 Å². The lowest BCUT2D eigenvalue weighted by Crippen LogP contribution is -2.50. The van der Waals surface area contributed by atoms with E-state index < -0.39 is 12.0 Å². The van der Waals surface area contributed by atoms with Crippen LogP contribution in [0.1, 0.15) is 38.7 Å². The molecule has 1 fully saturated rings. The maximum absolute atomic E-state index is 13.5. The molecule has 1 aliphatic heterocycles. The van der Waals surface area contributed by atoms with Crippen LogP contribution in [0.15, 0.2) is 67.0 Å². The number of hydrogen-bond donors (Lipinski definition) is 2. The Hall–Kier alpha value is -3.34. The van der Waals surface area contributed by atoms with Crippen molar-refractivity contribution in [2.24, 2.45) is 0 Å². The number of carbonyl (C=O) groups excluding carboxylic acids is 3. The van der Waals surface area contributed by atoms with Crippen molar-refractivity contribution in [3.8, 4) is 0 Å². The topological polar surface area (TPSA) is 104 Å². The first-order valence-electron chi connectivity index (χ1n) is 14.9. The summed E-state index contributed by atoms with van der Waals surface area (Å²) in [5, 5.41) is 8.41. The molecule has 2 aromatic carbocycles. The maximum Gasteiger partial charge on any atom is 0.328 e. The number of rotatable bonds is 15. The highest BCUT2D eigenvalue weighted by Gasteiger charge is 2.31. The van der Waals surface area contributed by atoms with Crippen molar-refractivity contribution in [1.29, 1.82) is 0 Å². The summed E-state index contributed by atoms with van der Waals surface area (Å²) in [6.45, 7) is 5.67. The normalized spacial score (nSPS) is 15.2. The maximum atomic E-state index is 13.5. The zero-order valence-corrected chi connectivity index (χ0v) is 27.4. The van der Waals surface area contributed by atoms with Crippen molar-refractivity contribution < 1.29 is 19.1 Å². The highest BCUT2D eigenvalue weighted by molar-refractivity contribution is 7.98. The fourth-order valence-corrected chi connectivity index (χ4v) is 5.97. The fraction of sp³-hybridized carbons (Fsp3) is 0.455. The van der Waals surface area contributed by atoms with Gasteiger partial charge in [0, 0.05) is 43.8 Å². The second kappa shape index (κ2) is 17.8. The molecular formula is C33H44ClN5O4S. The van der Waals surface area contributed by atoms with Crippen LogP contribution in [0.5, 0.6) is 0 Å². The number of ether oxygens (including phenoxy) is 1. The Morgan fingerprint density at radius 3 is 2.59 bits per heavy atom. The molecule has 44 heavy (non-hydrogen) atoms. The SMILES string of the molecule is CSCCC(NC(=O)CN(Cc1cccc2ccccc12)C[C@@H]1CCCN1C(=O)CNc1ccncc1)C(=O)OC(C)C.Cl. The molecule has 0 aliphatic carbocycles. The van der Waals surface area contributed by atoms with Crippen LogP contribution in [0.4, 0.5) is 5.69 Å². The zero-order chi connectivity index (χ0) is 30.6. The molecule has 0 radical (unpaired) electrons. The summed E-state index contributed by atoms with van der Waals surface area (Å²) in [4.78, 5) is 47.6. The standard InChI is InChI=1S/C33H43N5O4S.ClH/c1-24(2)42-33(41)30(15-19-43-3)36-31(39)23-37(21-26-10-6-9-25-8-4-5-12-29(25)26)22-28-11-7-18-38(28)32(40)20-35-27-13-16-34-17-14-27;/h4-6,8-10,12-14,16-17,24,28,30H,7,11,15,18-23H2,1-3H3,(H,34,35)(H,36,39);1H/t28-,30?;/m0./s1. The molecule has 0 bridgehead atoms. The third-order valence-electron chi connectivity index (χ3n) is 7.51. The fourth-order valence-electron chi connectivity index (χ4n) is 5.50. The molecule has 2 amide bonds. The molecule has 238 valence electrons. The van der Waals surface area contributed by atoms with Crippen LogP contribution in [0.3, 0.4) is 0 Å².